The third-order valence-corrected chi connectivity index (χ3v) is 3.37. The van der Waals surface area contributed by atoms with Crippen LogP contribution < -0.4 is 10.1 Å². The van der Waals surface area contributed by atoms with Gasteiger partial charge in [0.1, 0.15) is 5.75 Å². The summed E-state index contributed by atoms with van der Waals surface area (Å²) in [5.74, 6) is 0.939. The van der Waals surface area contributed by atoms with Crippen molar-refractivity contribution in [2.24, 2.45) is 0 Å². The SMILES string of the molecule is COc1cc(C)ccc1C(C)Nc1ccccc1C. The number of methoxy groups -OCH3 is 1. The number of hydrogen-bond acceptors (Lipinski definition) is 2. The van der Waals surface area contributed by atoms with Crippen molar-refractivity contribution in [1.29, 1.82) is 0 Å². The zero-order valence-corrected chi connectivity index (χ0v) is 12.0. The molecule has 0 spiro atoms. The molecule has 0 radical (unpaired) electrons. The highest BCUT2D eigenvalue weighted by Gasteiger charge is 2.12. The highest BCUT2D eigenvalue weighted by molar-refractivity contribution is 5.53. The maximum Gasteiger partial charge on any atom is 0.124 e. The fourth-order valence-corrected chi connectivity index (χ4v) is 2.22. The lowest BCUT2D eigenvalue weighted by Gasteiger charge is -2.20. The Bertz CT molecular complexity index is 563. The Morgan fingerprint density at radius 2 is 1.79 bits per heavy atom. The van der Waals surface area contributed by atoms with Crippen LogP contribution in [0.15, 0.2) is 42.5 Å². The second-order valence-corrected chi connectivity index (χ2v) is 4.93. The highest BCUT2D eigenvalue weighted by Crippen LogP contribution is 2.29. The van der Waals surface area contributed by atoms with Crippen LogP contribution >= 0.6 is 0 Å². The molecule has 2 aromatic rings. The average Bonchev–Trinajstić information content (AvgIpc) is 2.41. The van der Waals surface area contributed by atoms with Gasteiger partial charge in [0.2, 0.25) is 0 Å². The molecule has 0 saturated carbocycles. The first-order chi connectivity index (χ1) is 9.11. The molecule has 0 heterocycles. The van der Waals surface area contributed by atoms with Crippen LogP contribution in [0.4, 0.5) is 5.69 Å². The molecule has 2 aromatic carbocycles. The Labute approximate surface area is 115 Å². The Morgan fingerprint density at radius 1 is 1.05 bits per heavy atom. The van der Waals surface area contributed by atoms with Crippen molar-refractivity contribution in [3.8, 4) is 5.75 Å². The number of ether oxygens (including phenoxy) is 1. The summed E-state index contributed by atoms with van der Waals surface area (Å²) in [6.45, 7) is 6.34. The number of rotatable bonds is 4. The summed E-state index contributed by atoms with van der Waals surface area (Å²) in [6.07, 6.45) is 0. The van der Waals surface area contributed by atoms with Crippen molar-refractivity contribution in [3.05, 3.63) is 59.2 Å². The van der Waals surface area contributed by atoms with Crippen molar-refractivity contribution in [2.75, 3.05) is 12.4 Å². The van der Waals surface area contributed by atoms with Gasteiger partial charge < -0.3 is 10.1 Å². The molecule has 0 aliphatic carbocycles. The van der Waals surface area contributed by atoms with Crippen molar-refractivity contribution in [1.82, 2.24) is 0 Å². The van der Waals surface area contributed by atoms with E-state index < -0.39 is 0 Å². The summed E-state index contributed by atoms with van der Waals surface area (Å²) in [5.41, 5.74) is 4.80. The van der Waals surface area contributed by atoms with Gasteiger partial charge in [0.25, 0.3) is 0 Å². The Balaban J connectivity index is 2.25. The van der Waals surface area contributed by atoms with E-state index in [2.05, 4.69) is 68.6 Å². The largest absolute Gasteiger partial charge is 0.496 e. The summed E-state index contributed by atoms with van der Waals surface area (Å²) in [7, 11) is 1.72. The first-order valence-electron chi connectivity index (χ1n) is 6.58. The van der Waals surface area contributed by atoms with E-state index in [-0.39, 0.29) is 6.04 Å². The lowest BCUT2D eigenvalue weighted by molar-refractivity contribution is 0.407. The summed E-state index contributed by atoms with van der Waals surface area (Å²) in [6, 6.07) is 14.8. The van der Waals surface area contributed by atoms with Crippen molar-refractivity contribution in [3.63, 3.8) is 0 Å². The summed E-state index contributed by atoms with van der Waals surface area (Å²) in [4.78, 5) is 0. The van der Waals surface area contributed by atoms with Crippen LogP contribution in [0.3, 0.4) is 0 Å². The highest BCUT2D eigenvalue weighted by atomic mass is 16.5. The van der Waals surface area contributed by atoms with E-state index in [0.29, 0.717) is 0 Å². The number of anilines is 1. The topological polar surface area (TPSA) is 21.3 Å². The molecule has 2 heteroatoms. The third kappa shape index (κ3) is 3.08. The minimum absolute atomic E-state index is 0.205. The van der Waals surface area contributed by atoms with Crippen LogP contribution in [0.5, 0.6) is 5.75 Å². The van der Waals surface area contributed by atoms with E-state index >= 15 is 0 Å². The molecule has 0 aromatic heterocycles. The fourth-order valence-electron chi connectivity index (χ4n) is 2.22. The van der Waals surface area contributed by atoms with Gasteiger partial charge in [0, 0.05) is 11.3 Å². The minimum atomic E-state index is 0.205. The van der Waals surface area contributed by atoms with E-state index in [4.69, 9.17) is 4.74 Å². The van der Waals surface area contributed by atoms with Crippen LogP contribution in [0.1, 0.15) is 29.7 Å². The first kappa shape index (κ1) is 13.5. The van der Waals surface area contributed by atoms with E-state index in [1.165, 1.54) is 16.7 Å². The zero-order chi connectivity index (χ0) is 13.8. The smallest absolute Gasteiger partial charge is 0.124 e. The molecule has 2 nitrogen and oxygen atoms in total. The summed E-state index contributed by atoms with van der Waals surface area (Å²) >= 11 is 0. The van der Waals surface area contributed by atoms with Crippen molar-refractivity contribution >= 4 is 5.69 Å². The minimum Gasteiger partial charge on any atom is -0.496 e. The fraction of sp³-hybridized carbons (Fsp3) is 0.294. The van der Waals surface area contributed by atoms with Gasteiger partial charge in [-0.25, -0.2) is 0 Å². The molecule has 1 unspecified atom stereocenters. The number of aryl methyl sites for hydroxylation is 2. The van der Waals surface area contributed by atoms with Gasteiger partial charge >= 0.3 is 0 Å². The van der Waals surface area contributed by atoms with Gasteiger partial charge in [0.05, 0.1) is 13.2 Å². The summed E-state index contributed by atoms with van der Waals surface area (Å²) in [5, 5.41) is 3.54. The number of nitrogens with one attached hydrogen (secondary N) is 1. The first-order valence-corrected chi connectivity index (χ1v) is 6.58. The van der Waals surface area contributed by atoms with Crippen molar-refractivity contribution in [2.45, 2.75) is 26.8 Å². The van der Waals surface area contributed by atoms with Crippen LogP contribution in [0, 0.1) is 13.8 Å². The summed E-state index contributed by atoms with van der Waals surface area (Å²) < 4.78 is 5.48. The van der Waals surface area contributed by atoms with E-state index in [9.17, 15) is 0 Å². The molecular weight excluding hydrogens is 234 g/mol. The molecule has 0 bridgehead atoms. The Hall–Kier alpha value is -1.96. The lowest BCUT2D eigenvalue weighted by atomic mass is 10.0. The van der Waals surface area contributed by atoms with Gasteiger partial charge in [0.15, 0.2) is 0 Å². The molecular formula is C17H21NO. The number of hydrogen-bond donors (Lipinski definition) is 1. The van der Waals surface area contributed by atoms with Gasteiger partial charge in [-0.05, 0) is 44.0 Å². The van der Waals surface area contributed by atoms with Crippen molar-refractivity contribution < 1.29 is 4.74 Å². The lowest BCUT2D eigenvalue weighted by Crippen LogP contribution is -2.09. The average molecular weight is 255 g/mol. The monoisotopic (exact) mass is 255 g/mol. The molecule has 2 rings (SSSR count). The molecule has 0 aliphatic heterocycles. The third-order valence-electron chi connectivity index (χ3n) is 3.37. The molecule has 0 aliphatic rings. The molecule has 100 valence electrons. The molecule has 1 N–H and O–H groups in total. The van der Waals surface area contributed by atoms with Crippen LogP contribution in [-0.4, -0.2) is 7.11 Å². The van der Waals surface area contributed by atoms with E-state index in [1.54, 1.807) is 7.11 Å². The van der Waals surface area contributed by atoms with Crippen LogP contribution in [0.25, 0.3) is 0 Å². The van der Waals surface area contributed by atoms with E-state index in [0.717, 1.165) is 11.4 Å². The normalized spacial score (nSPS) is 12.0. The van der Waals surface area contributed by atoms with Gasteiger partial charge in [-0.2, -0.15) is 0 Å². The van der Waals surface area contributed by atoms with Gasteiger partial charge in [-0.3, -0.25) is 0 Å². The second-order valence-electron chi connectivity index (χ2n) is 4.93. The maximum atomic E-state index is 5.48. The molecule has 0 amide bonds. The molecule has 19 heavy (non-hydrogen) atoms. The molecule has 0 saturated heterocycles. The zero-order valence-electron chi connectivity index (χ0n) is 12.0. The molecule has 0 fully saturated rings. The van der Waals surface area contributed by atoms with Crippen LogP contribution in [0.2, 0.25) is 0 Å². The predicted molar refractivity (Wildman–Crippen MR) is 80.9 cm³/mol. The number of benzene rings is 2. The van der Waals surface area contributed by atoms with Gasteiger partial charge in [-0.1, -0.05) is 30.3 Å². The Kier molecular flexibility index (Phi) is 4.10. The quantitative estimate of drug-likeness (QED) is 0.869. The number of para-hydroxylation sites is 1. The molecule has 1 atom stereocenters. The second kappa shape index (κ2) is 5.79. The standard InChI is InChI=1S/C17H21NO/c1-12-9-10-15(17(11-12)19-4)14(3)18-16-8-6-5-7-13(16)2/h5-11,14,18H,1-4H3. The van der Waals surface area contributed by atoms with E-state index in [1.807, 2.05) is 0 Å². The van der Waals surface area contributed by atoms with Gasteiger partial charge in [-0.15, -0.1) is 0 Å². The maximum absolute atomic E-state index is 5.48. The Morgan fingerprint density at radius 3 is 2.47 bits per heavy atom. The predicted octanol–water partition coefficient (Wildman–Crippen LogP) is 4.49. The van der Waals surface area contributed by atoms with Crippen LogP contribution in [-0.2, 0) is 0 Å².